The number of amides is 2. The number of ether oxygens (including phenoxy) is 3. The minimum absolute atomic E-state index is 0.0198. The number of carbonyl (C=O) groups is 1. The molecule has 1 unspecified atom stereocenters. The molecule has 6 nitrogen and oxygen atoms in total. The van der Waals surface area contributed by atoms with Crippen LogP contribution in [0.15, 0.2) is 18.2 Å². The van der Waals surface area contributed by atoms with Gasteiger partial charge in [-0.2, -0.15) is 0 Å². The number of nitrogens with zero attached hydrogens (tertiary/aromatic N) is 1. The molecule has 1 N–H and O–H groups in total. The van der Waals surface area contributed by atoms with Crippen LogP contribution in [0.25, 0.3) is 0 Å². The second kappa shape index (κ2) is 8.78. The molecule has 1 heterocycles. The Morgan fingerprint density at radius 2 is 2.21 bits per heavy atom. The lowest BCUT2D eigenvalue weighted by Crippen LogP contribution is -2.45. The molecule has 1 aliphatic rings. The smallest absolute Gasteiger partial charge is 0.322 e. The predicted molar refractivity (Wildman–Crippen MR) is 94.0 cm³/mol. The van der Waals surface area contributed by atoms with Crippen LogP contribution >= 0.6 is 0 Å². The van der Waals surface area contributed by atoms with Crippen molar-refractivity contribution in [1.29, 1.82) is 0 Å². The highest BCUT2D eigenvalue weighted by atomic mass is 16.5. The lowest BCUT2D eigenvalue weighted by Gasteiger charge is -2.32. The Kier molecular flexibility index (Phi) is 6.73. The van der Waals surface area contributed by atoms with Gasteiger partial charge in [-0.3, -0.25) is 0 Å². The Hall–Kier alpha value is -1.95. The molecule has 1 atom stereocenters. The quantitative estimate of drug-likeness (QED) is 0.863. The van der Waals surface area contributed by atoms with Crippen LogP contribution in [0.4, 0.5) is 10.5 Å². The van der Waals surface area contributed by atoms with Crippen LogP contribution in [-0.2, 0) is 4.74 Å². The average Bonchev–Trinajstić information content (AvgIpc) is 2.56. The maximum atomic E-state index is 12.6. The van der Waals surface area contributed by atoms with Gasteiger partial charge in [0, 0.05) is 25.8 Å². The summed E-state index contributed by atoms with van der Waals surface area (Å²) in [5.41, 5.74) is 0.617. The maximum Gasteiger partial charge on any atom is 0.322 e. The van der Waals surface area contributed by atoms with Crippen molar-refractivity contribution in [2.75, 3.05) is 32.1 Å². The zero-order chi connectivity index (χ0) is 17.5. The Bertz CT molecular complexity index is 546. The van der Waals surface area contributed by atoms with Gasteiger partial charge in [-0.25, -0.2) is 4.79 Å². The van der Waals surface area contributed by atoms with E-state index in [-0.39, 0.29) is 18.2 Å². The first-order valence-electron chi connectivity index (χ1n) is 8.55. The van der Waals surface area contributed by atoms with E-state index in [1.165, 1.54) is 0 Å². The fourth-order valence-corrected chi connectivity index (χ4v) is 2.78. The van der Waals surface area contributed by atoms with Gasteiger partial charge in [0.15, 0.2) is 0 Å². The Morgan fingerprint density at radius 3 is 2.88 bits per heavy atom. The van der Waals surface area contributed by atoms with Gasteiger partial charge in [0.2, 0.25) is 0 Å². The molecule has 1 saturated heterocycles. The van der Waals surface area contributed by atoms with Crippen molar-refractivity contribution < 1.29 is 19.0 Å². The summed E-state index contributed by atoms with van der Waals surface area (Å²) in [5.74, 6) is 1.31. The van der Waals surface area contributed by atoms with Crippen LogP contribution in [0.1, 0.15) is 33.6 Å². The molecule has 0 spiro atoms. The van der Waals surface area contributed by atoms with Gasteiger partial charge in [-0.15, -0.1) is 0 Å². The molecule has 0 radical (unpaired) electrons. The van der Waals surface area contributed by atoms with Crippen molar-refractivity contribution in [1.82, 2.24) is 4.90 Å². The zero-order valence-corrected chi connectivity index (χ0v) is 15.0. The Labute approximate surface area is 144 Å². The first-order chi connectivity index (χ1) is 11.5. The van der Waals surface area contributed by atoms with E-state index < -0.39 is 0 Å². The third-order valence-corrected chi connectivity index (χ3v) is 3.86. The summed E-state index contributed by atoms with van der Waals surface area (Å²) in [4.78, 5) is 14.4. The summed E-state index contributed by atoms with van der Waals surface area (Å²) in [7, 11) is 1.60. The normalized spacial score (nSPS) is 17.7. The summed E-state index contributed by atoms with van der Waals surface area (Å²) in [5, 5.41) is 2.95. The van der Waals surface area contributed by atoms with Gasteiger partial charge >= 0.3 is 6.03 Å². The maximum absolute atomic E-state index is 12.6. The van der Waals surface area contributed by atoms with E-state index in [2.05, 4.69) is 5.32 Å². The van der Waals surface area contributed by atoms with E-state index in [1.54, 1.807) is 18.1 Å². The molecule has 1 aromatic carbocycles. The number of piperidine rings is 1. The molecule has 0 bridgehead atoms. The van der Waals surface area contributed by atoms with Crippen LogP contribution < -0.4 is 14.8 Å². The highest BCUT2D eigenvalue weighted by molar-refractivity contribution is 5.91. The summed E-state index contributed by atoms with van der Waals surface area (Å²) >= 11 is 0. The van der Waals surface area contributed by atoms with E-state index in [0.717, 1.165) is 19.4 Å². The van der Waals surface area contributed by atoms with Crippen molar-refractivity contribution in [2.24, 2.45) is 0 Å². The molecule has 0 saturated carbocycles. The predicted octanol–water partition coefficient (Wildman–Crippen LogP) is 3.52. The highest BCUT2D eigenvalue weighted by Gasteiger charge is 2.24. The second-order valence-corrected chi connectivity index (χ2v) is 6.12. The SMILES string of the molecule is CCOC1CCCN(C(=O)Nc2cc(OC)ccc2OC(C)C)C1. The lowest BCUT2D eigenvalue weighted by atomic mass is 10.1. The molecule has 0 aliphatic carbocycles. The third kappa shape index (κ3) is 5.03. The number of likely N-dealkylation sites (tertiary alicyclic amines) is 1. The fourth-order valence-electron chi connectivity index (χ4n) is 2.78. The van der Waals surface area contributed by atoms with Crippen molar-refractivity contribution in [3.05, 3.63) is 18.2 Å². The topological polar surface area (TPSA) is 60.0 Å². The number of rotatable bonds is 6. The van der Waals surface area contributed by atoms with Gasteiger partial charge in [-0.1, -0.05) is 0 Å². The number of nitrogens with one attached hydrogen (secondary N) is 1. The number of benzene rings is 1. The summed E-state index contributed by atoms with van der Waals surface area (Å²) in [6.07, 6.45) is 2.09. The van der Waals surface area contributed by atoms with E-state index in [0.29, 0.717) is 30.3 Å². The molecule has 6 heteroatoms. The van der Waals surface area contributed by atoms with E-state index in [4.69, 9.17) is 14.2 Å². The van der Waals surface area contributed by atoms with Crippen LogP contribution in [0.2, 0.25) is 0 Å². The van der Waals surface area contributed by atoms with Gasteiger partial charge in [0.1, 0.15) is 11.5 Å². The van der Waals surface area contributed by atoms with Crippen LogP contribution in [0, 0.1) is 0 Å². The second-order valence-electron chi connectivity index (χ2n) is 6.12. The molecular weight excluding hydrogens is 308 g/mol. The molecule has 2 rings (SSSR count). The first kappa shape index (κ1) is 18.4. The molecule has 1 aliphatic heterocycles. The number of urea groups is 1. The van der Waals surface area contributed by atoms with Crippen molar-refractivity contribution in [3.8, 4) is 11.5 Å². The lowest BCUT2D eigenvalue weighted by molar-refractivity contribution is 0.0181. The standard InChI is InChI=1S/C18H28N2O4/c1-5-23-15-7-6-10-20(12-15)18(21)19-16-11-14(22-4)8-9-17(16)24-13(2)3/h8-9,11,13,15H,5-7,10,12H2,1-4H3,(H,19,21). The molecule has 134 valence electrons. The summed E-state index contributed by atoms with van der Waals surface area (Å²) < 4.78 is 16.7. The van der Waals surface area contributed by atoms with E-state index in [1.807, 2.05) is 32.9 Å². The van der Waals surface area contributed by atoms with Crippen LogP contribution in [-0.4, -0.2) is 49.9 Å². The van der Waals surface area contributed by atoms with Crippen LogP contribution in [0.5, 0.6) is 11.5 Å². The summed E-state index contributed by atoms with van der Waals surface area (Å²) in [6.45, 7) is 7.90. The monoisotopic (exact) mass is 336 g/mol. The van der Waals surface area contributed by atoms with Gasteiger partial charge in [0.25, 0.3) is 0 Å². The summed E-state index contributed by atoms with van der Waals surface area (Å²) in [6, 6.07) is 5.27. The van der Waals surface area contributed by atoms with E-state index in [9.17, 15) is 4.79 Å². The molecule has 1 fully saturated rings. The Morgan fingerprint density at radius 1 is 1.42 bits per heavy atom. The highest BCUT2D eigenvalue weighted by Crippen LogP contribution is 2.30. The minimum Gasteiger partial charge on any atom is -0.497 e. The third-order valence-electron chi connectivity index (χ3n) is 3.86. The van der Waals surface area contributed by atoms with E-state index >= 15 is 0 Å². The zero-order valence-electron chi connectivity index (χ0n) is 15.0. The number of methoxy groups -OCH3 is 1. The molecule has 1 aromatic rings. The number of carbonyl (C=O) groups excluding carboxylic acids is 1. The first-order valence-corrected chi connectivity index (χ1v) is 8.55. The molecule has 24 heavy (non-hydrogen) atoms. The fraction of sp³-hybridized carbons (Fsp3) is 0.611. The largest absolute Gasteiger partial charge is 0.497 e. The van der Waals surface area contributed by atoms with Gasteiger partial charge in [0.05, 0.1) is 25.0 Å². The molecular formula is C18H28N2O4. The number of anilines is 1. The number of hydrogen-bond donors (Lipinski definition) is 1. The average molecular weight is 336 g/mol. The van der Waals surface area contributed by atoms with Crippen LogP contribution in [0.3, 0.4) is 0 Å². The van der Waals surface area contributed by atoms with Gasteiger partial charge in [-0.05, 0) is 45.7 Å². The van der Waals surface area contributed by atoms with Crippen molar-refractivity contribution in [2.45, 2.75) is 45.8 Å². The Balaban J connectivity index is 2.09. The van der Waals surface area contributed by atoms with Crippen molar-refractivity contribution in [3.63, 3.8) is 0 Å². The number of hydrogen-bond acceptors (Lipinski definition) is 4. The van der Waals surface area contributed by atoms with Gasteiger partial charge < -0.3 is 24.4 Å². The molecule has 0 aromatic heterocycles. The minimum atomic E-state index is -0.138. The van der Waals surface area contributed by atoms with Crippen molar-refractivity contribution >= 4 is 11.7 Å². The molecule has 2 amide bonds.